The summed E-state index contributed by atoms with van der Waals surface area (Å²) in [5, 5.41) is 38.5. The first-order valence-electron chi connectivity index (χ1n) is 30.4. The molecule has 0 spiro atoms. The van der Waals surface area contributed by atoms with Crippen LogP contribution in [0.15, 0.2) is 60.0 Å². The van der Waals surface area contributed by atoms with Gasteiger partial charge in [0.25, 0.3) is 11.7 Å². The number of nitrogens with zero attached hydrogens (tertiary/aromatic N) is 3. The van der Waals surface area contributed by atoms with Gasteiger partial charge in [0.2, 0.25) is 11.7 Å². The summed E-state index contributed by atoms with van der Waals surface area (Å²) in [5.74, 6) is -7.69. The minimum Gasteiger partial charge on any atom is -0.460 e. The van der Waals surface area contributed by atoms with E-state index in [1.54, 1.807) is 60.4 Å². The lowest BCUT2D eigenvalue weighted by atomic mass is 9.78. The molecule has 0 unspecified atom stereocenters. The lowest BCUT2D eigenvalue weighted by Crippen LogP contribution is -2.61. The zero-order valence-corrected chi connectivity index (χ0v) is 51.7. The van der Waals surface area contributed by atoms with Crippen molar-refractivity contribution < 1.29 is 77.2 Å². The summed E-state index contributed by atoms with van der Waals surface area (Å²) in [5.41, 5.74) is 2.08. The number of hydrogen-bond acceptors (Lipinski definition) is 18. The number of ketones is 2. The summed E-state index contributed by atoms with van der Waals surface area (Å²) in [6.07, 6.45) is 14.0. The number of ether oxygens (including phenoxy) is 7. The monoisotopic (exact) mass is 1180 g/mol. The summed E-state index contributed by atoms with van der Waals surface area (Å²) in [6, 6.07) is -1.17. The van der Waals surface area contributed by atoms with Crippen LogP contribution in [0.25, 0.3) is 0 Å². The lowest BCUT2D eigenvalue weighted by Gasteiger charge is -2.43. The summed E-state index contributed by atoms with van der Waals surface area (Å²) >= 11 is 0. The Hall–Kier alpha value is -5.06. The fraction of sp³-hybridized carbons (Fsp3) is 0.719. The van der Waals surface area contributed by atoms with Gasteiger partial charge in [0.1, 0.15) is 36.3 Å². The Bertz CT molecular complexity index is 2430. The van der Waals surface area contributed by atoms with Crippen molar-refractivity contribution in [2.45, 2.75) is 219 Å². The van der Waals surface area contributed by atoms with E-state index in [9.17, 15) is 44.1 Å². The van der Waals surface area contributed by atoms with E-state index in [1.807, 2.05) is 58.1 Å². The normalized spacial score (nSPS) is 34.6. The molecule has 2 bridgehead atoms. The molecule has 1 aromatic rings. The summed E-state index contributed by atoms with van der Waals surface area (Å²) in [6.45, 7) is 15.4. The number of aromatic nitrogens is 2. The van der Waals surface area contributed by atoms with Crippen LogP contribution in [-0.4, -0.2) is 167 Å². The van der Waals surface area contributed by atoms with Crippen molar-refractivity contribution in [1.82, 2.24) is 20.2 Å². The van der Waals surface area contributed by atoms with Gasteiger partial charge in [-0.2, -0.15) is 0 Å². The number of aliphatic hydroxyl groups excluding tert-OH is 2. The number of esters is 2. The van der Waals surface area contributed by atoms with Crippen LogP contribution in [0.5, 0.6) is 0 Å². The summed E-state index contributed by atoms with van der Waals surface area (Å²) in [7, 11) is 4.53. The molecule has 0 radical (unpaired) electrons. The van der Waals surface area contributed by atoms with Gasteiger partial charge in [0, 0.05) is 102 Å². The van der Waals surface area contributed by atoms with Gasteiger partial charge >= 0.3 is 11.9 Å². The Balaban J connectivity index is 1.31. The van der Waals surface area contributed by atoms with E-state index in [1.165, 1.54) is 12.0 Å². The molecule has 4 heterocycles. The molecule has 1 aromatic heterocycles. The number of nitrogens with one attached hydrogen (secondary N) is 1. The third kappa shape index (κ3) is 20.6. The van der Waals surface area contributed by atoms with Gasteiger partial charge < -0.3 is 58.7 Å². The number of aryl methyl sites for hydroxylation is 1. The third-order valence-electron chi connectivity index (χ3n) is 17.4. The van der Waals surface area contributed by atoms with E-state index in [-0.39, 0.29) is 80.9 Å². The van der Waals surface area contributed by atoms with Gasteiger partial charge in [-0.1, -0.05) is 71.1 Å². The zero-order valence-electron chi connectivity index (χ0n) is 51.7. The van der Waals surface area contributed by atoms with Gasteiger partial charge in [-0.15, -0.1) is 0 Å². The van der Waals surface area contributed by atoms with E-state index >= 15 is 0 Å². The number of fused-ring (bicyclic) bond motifs is 3. The molecule has 0 aromatic carbocycles. The van der Waals surface area contributed by atoms with Gasteiger partial charge in [-0.3, -0.25) is 24.0 Å². The lowest BCUT2D eigenvalue weighted by molar-refractivity contribution is -0.265. The molecule has 5 rings (SSSR count). The summed E-state index contributed by atoms with van der Waals surface area (Å²) in [4.78, 5) is 92.2. The molecule has 16 atom stereocenters. The maximum absolute atomic E-state index is 14.7. The maximum atomic E-state index is 14.7. The van der Waals surface area contributed by atoms with Crippen LogP contribution < -0.4 is 5.32 Å². The highest BCUT2D eigenvalue weighted by molar-refractivity contribution is 6.39. The first kappa shape index (κ1) is 69.7. The van der Waals surface area contributed by atoms with Crippen LogP contribution in [0.1, 0.15) is 156 Å². The average Bonchev–Trinajstić information content (AvgIpc) is 2.31. The van der Waals surface area contributed by atoms with Crippen LogP contribution in [0.3, 0.4) is 0 Å². The van der Waals surface area contributed by atoms with Crippen LogP contribution in [0.2, 0.25) is 0 Å². The predicted octanol–water partition coefficient (Wildman–Crippen LogP) is 7.13. The number of Topliss-reactive ketones (excluding diaryl/α,β-unsaturated/α-hetero) is 2. The minimum absolute atomic E-state index is 0.00357. The van der Waals surface area contributed by atoms with Gasteiger partial charge in [0.05, 0.1) is 31.0 Å². The molecule has 20 nitrogen and oxygen atoms in total. The maximum Gasteiger partial charge on any atom is 0.329 e. The molecule has 3 aliphatic heterocycles. The molecule has 4 aliphatic rings. The molecular weight excluding hydrogens is 1080 g/mol. The zero-order chi connectivity index (χ0) is 61.7. The first-order valence-corrected chi connectivity index (χ1v) is 30.4. The minimum atomic E-state index is -2.46. The molecule has 1 aliphatic carbocycles. The Labute approximate surface area is 497 Å². The van der Waals surface area contributed by atoms with Gasteiger partial charge in [-0.25, -0.2) is 14.8 Å². The number of rotatable bonds is 16. The third-order valence-corrected chi connectivity index (χ3v) is 17.4. The van der Waals surface area contributed by atoms with Crippen LogP contribution >= 0.6 is 0 Å². The van der Waals surface area contributed by atoms with E-state index in [4.69, 9.17) is 33.2 Å². The van der Waals surface area contributed by atoms with Crippen molar-refractivity contribution in [3.8, 4) is 0 Å². The van der Waals surface area contributed by atoms with E-state index in [2.05, 4.69) is 15.3 Å². The standard InChI is InChI=1S/C64H98N4O16/c1-39-18-13-12-14-19-40(2)53(78-9)34-49-24-22-45(7)64(77,84-49)61(74)62(75)68-27-16-15-20-50(68)63(76)83-54(35-51(69)41(3)31-44(6)59(73)60(80-11)58(72)43(5)30-39)42(4)32-47-23-25-52(55(33-47)79-10)82-57(71)21-17-28-81-29-26-56(70)67-38-48-36-65-46(8)66-37-48/h12-14,18-19,31,36-37,39,41-43,45,47,49-55,59-60,69,73,77H,15-17,20-30,32-35,38H2,1-11H3,(H,67,70)/b14-12+,18-13+,40-19+,44-31+/t39-,41-,42-,43-,45-,47+,49+,50+,51-,52-,53+,54+,55-,59-,60+,64-/m1/s1. The molecule has 3 fully saturated rings. The van der Waals surface area contributed by atoms with Gasteiger partial charge in [0.15, 0.2) is 5.78 Å². The number of allylic oxidation sites excluding steroid dienone is 5. The van der Waals surface area contributed by atoms with Crippen molar-refractivity contribution in [1.29, 1.82) is 0 Å². The molecule has 20 heteroatoms. The fourth-order valence-corrected chi connectivity index (χ4v) is 12.0. The number of methoxy groups -OCH3 is 3. The molecule has 1 saturated carbocycles. The molecule has 2 saturated heterocycles. The molecule has 84 heavy (non-hydrogen) atoms. The van der Waals surface area contributed by atoms with Crippen molar-refractivity contribution in [2.75, 3.05) is 41.1 Å². The van der Waals surface area contributed by atoms with Crippen LogP contribution in [0.4, 0.5) is 0 Å². The molecule has 4 N–H and O–H groups in total. The SMILES string of the molecule is CO[C@H]1C[C@@H]2CC[C@@H](C)[C@@](O)(O2)C(=O)C(=O)N2CCCC[C@H]2C(=O)O[C@H]([C@H](C)C[C@@H]2CC[C@@H](OC(=O)CCCOCCC(=O)NCc3cnc(C)nc3)[C@H](OC)C2)C[C@@H](O)[C@H](C)/C=C(\C)[C@@H](O)[C@@H](OC)C(=O)[C@H](C)C[C@H](C)/C=C/C=C/C=C/1C. The molecule has 2 amide bonds. The molecule has 470 valence electrons. The first-order chi connectivity index (χ1) is 40.0. The Morgan fingerprint density at radius 1 is 0.833 bits per heavy atom. The number of aliphatic hydroxyl groups is 3. The van der Waals surface area contributed by atoms with Crippen molar-refractivity contribution >= 4 is 35.3 Å². The molecular formula is C64H98N4O16. The van der Waals surface area contributed by atoms with E-state index in [0.29, 0.717) is 88.6 Å². The Morgan fingerprint density at radius 2 is 1.57 bits per heavy atom. The van der Waals surface area contributed by atoms with Crippen molar-refractivity contribution in [3.05, 3.63) is 71.4 Å². The second-order valence-electron chi connectivity index (χ2n) is 24.1. The second kappa shape index (κ2) is 34.3. The predicted molar refractivity (Wildman–Crippen MR) is 313 cm³/mol. The van der Waals surface area contributed by atoms with E-state index < -0.39 is 96.1 Å². The quantitative estimate of drug-likeness (QED) is 0.0555. The van der Waals surface area contributed by atoms with E-state index in [0.717, 1.165) is 11.1 Å². The smallest absolute Gasteiger partial charge is 0.329 e. The highest BCUT2D eigenvalue weighted by Gasteiger charge is 2.53. The fourth-order valence-electron chi connectivity index (χ4n) is 12.0. The number of carbonyl (C=O) groups is 6. The van der Waals surface area contributed by atoms with Crippen LogP contribution in [-0.2, 0) is 68.5 Å². The topological polar surface area (TPSA) is 269 Å². The number of piperidine rings is 1. The van der Waals surface area contributed by atoms with Gasteiger partial charge in [-0.05, 0) is 120 Å². The van der Waals surface area contributed by atoms with Crippen molar-refractivity contribution in [2.24, 2.45) is 35.5 Å². The largest absolute Gasteiger partial charge is 0.460 e. The number of hydrogen-bond donors (Lipinski definition) is 4. The van der Waals surface area contributed by atoms with Crippen LogP contribution in [0, 0.1) is 42.4 Å². The summed E-state index contributed by atoms with van der Waals surface area (Å²) < 4.78 is 41.6. The second-order valence-corrected chi connectivity index (χ2v) is 24.1. The Morgan fingerprint density at radius 3 is 2.27 bits per heavy atom. The number of cyclic esters (lactones) is 1. The Kier molecular flexibility index (Phi) is 28.5. The number of carbonyl (C=O) groups excluding carboxylic acids is 6. The highest BCUT2D eigenvalue weighted by atomic mass is 16.6. The highest BCUT2D eigenvalue weighted by Crippen LogP contribution is 2.38. The number of amides is 2. The average molecular weight is 1180 g/mol. The van der Waals surface area contributed by atoms with Crippen molar-refractivity contribution in [3.63, 3.8) is 0 Å².